The average Bonchev–Trinajstić information content (AvgIpc) is 3.21. The fourth-order valence-electron chi connectivity index (χ4n) is 4.54. The molecule has 0 spiro atoms. The third kappa shape index (κ3) is 6.47. The average molecular weight is 580 g/mol. The molecule has 1 amide bonds. The second-order valence-corrected chi connectivity index (χ2v) is 10.8. The van der Waals surface area contributed by atoms with Crippen molar-refractivity contribution in [2.24, 2.45) is 7.05 Å². The third-order valence-corrected chi connectivity index (χ3v) is 6.99. The summed E-state index contributed by atoms with van der Waals surface area (Å²) < 4.78 is 8.88. The van der Waals surface area contributed by atoms with E-state index in [0.717, 1.165) is 0 Å². The van der Waals surface area contributed by atoms with Gasteiger partial charge in [0, 0.05) is 36.5 Å². The van der Waals surface area contributed by atoms with E-state index in [1.54, 1.807) is 81.4 Å². The molecule has 0 aliphatic heterocycles. The normalized spacial score (nSPS) is 11.4. The number of aromatic nitrogens is 5. The molecule has 0 bridgehead atoms. The summed E-state index contributed by atoms with van der Waals surface area (Å²) in [5.74, 6) is 0.289. The first-order valence-corrected chi connectivity index (χ1v) is 13.7. The number of aliphatic hydroxyl groups is 1. The molecule has 0 radical (unpaired) electrons. The predicted octanol–water partition coefficient (Wildman–Crippen LogP) is 4.38. The lowest BCUT2D eigenvalue weighted by molar-refractivity contribution is 0.0553. The minimum atomic E-state index is -0.828. The van der Waals surface area contributed by atoms with Gasteiger partial charge in [0.15, 0.2) is 0 Å². The monoisotopic (exact) mass is 579 g/mol. The van der Waals surface area contributed by atoms with Gasteiger partial charge in [-0.3, -0.25) is 19.3 Å². The molecule has 0 saturated heterocycles. The summed E-state index contributed by atoms with van der Waals surface area (Å²) in [5, 5.41) is 12.7. The number of amides is 1. The second-order valence-electron chi connectivity index (χ2n) is 10.8. The SMILES string of the molecule is Cc1c(C(=O)Nc2ccc(-c3nc(-c4cncc(OCCC(C)(C)O)c4)cnc3N)cc2)c(=O)n(-c2ccccc2)n1C. The number of rotatable bonds is 9. The number of hydrogen-bond donors (Lipinski definition) is 3. The van der Waals surface area contributed by atoms with Crippen LogP contribution in [0.25, 0.3) is 28.2 Å². The molecular formula is C32H33N7O4. The summed E-state index contributed by atoms with van der Waals surface area (Å²) >= 11 is 0. The molecule has 2 aromatic carbocycles. The highest BCUT2D eigenvalue weighted by atomic mass is 16.5. The Morgan fingerprint density at radius 1 is 1.05 bits per heavy atom. The first-order chi connectivity index (χ1) is 20.5. The first-order valence-electron chi connectivity index (χ1n) is 13.7. The number of nitrogen functional groups attached to an aromatic ring is 1. The summed E-state index contributed by atoms with van der Waals surface area (Å²) in [7, 11) is 1.74. The number of carbonyl (C=O) groups is 1. The maximum absolute atomic E-state index is 13.2. The van der Waals surface area contributed by atoms with Crippen molar-refractivity contribution in [3.05, 3.63) is 101 Å². The molecule has 0 aliphatic rings. The van der Waals surface area contributed by atoms with E-state index < -0.39 is 17.1 Å². The second kappa shape index (κ2) is 11.9. The van der Waals surface area contributed by atoms with Gasteiger partial charge in [-0.15, -0.1) is 0 Å². The number of para-hydroxylation sites is 1. The summed E-state index contributed by atoms with van der Waals surface area (Å²) in [6.45, 7) is 5.53. The van der Waals surface area contributed by atoms with Crippen molar-refractivity contribution in [2.45, 2.75) is 32.8 Å². The van der Waals surface area contributed by atoms with E-state index in [1.165, 1.54) is 4.68 Å². The van der Waals surface area contributed by atoms with Crippen molar-refractivity contribution >= 4 is 17.4 Å². The van der Waals surface area contributed by atoms with Crippen LogP contribution >= 0.6 is 0 Å². The zero-order valence-electron chi connectivity index (χ0n) is 24.4. The lowest BCUT2D eigenvalue weighted by Gasteiger charge is -2.17. The van der Waals surface area contributed by atoms with Crippen molar-refractivity contribution in [1.29, 1.82) is 0 Å². The minimum Gasteiger partial charge on any atom is -0.492 e. The van der Waals surface area contributed by atoms with E-state index in [9.17, 15) is 14.7 Å². The van der Waals surface area contributed by atoms with Gasteiger partial charge < -0.3 is 20.9 Å². The molecular weight excluding hydrogens is 546 g/mol. The molecule has 4 N–H and O–H groups in total. The molecule has 5 rings (SSSR count). The summed E-state index contributed by atoms with van der Waals surface area (Å²) in [4.78, 5) is 39.7. The molecule has 0 fully saturated rings. The smallest absolute Gasteiger partial charge is 0.284 e. The van der Waals surface area contributed by atoms with Crippen LogP contribution in [-0.2, 0) is 7.05 Å². The Morgan fingerprint density at radius 3 is 2.47 bits per heavy atom. The molecule has 0 aliphatic carbocycles. The predicted molar refractivity (Wildman–Crippen MR) is 165 cm³/mol. The quantitative estimate of drug-likeness (QED) is 0.233. The van der Waals surface area contributed by atoms with Crippen LogP contribution < -0.4 is 21.3 Å². The number of benzene rings is 2. The van der Waals surface area contributed by atoms with Crippen LogP contribution in [0.1, 0.15) is 36.3 Å². The molecule has 11 heteroatoms. The molecule has 5 aromatic rings. The van der Waals surface area contributed by atoms with E-state index in [0.29, 0.717) is 58.4 Å². The first kappa shape index (κ1) is 29.2. The van der Waals surface area contributed by atoms with Gasteiger partial charge >= 0.3 is 0 Å². The highest BCUT2D eigenvalue weighted by Crippen LogP contribution is 2.28. The van der Waals surface area contributed by atoms with Crippen LogP contribution in [0.15, 0.2) is 84.0 Å². The molecule has 0 saturated carbocycles. The Kier molecular flexibility index (Phi) is 8.09. The number of nitrogens with zero attached hydrogens (tertiary/aromatic N) is 5. The van der Waals surface area contributed by atoms with E-state index in [-0.39, 0.29) is 11.4 Å². The Balaban J connectivity index is 1.34. The highest BCUT2D eigenvalue weighted by molar-refractivity contribution is 6.05. The Bertz CT molecular complexity index is 1820. The summed E-state index contributed by atoms with van der Waals surface area (Å²) in [6, 6.07) is 17.9. The molecule has 3 aromatic heterocycles. The van der Waals surface area contributed by atoms with Gasteiger partial charge in [-0.05, 0) is 51.1 Å². The van der Waals surface area contributed by atoms with Crippen molar-refractivity contribution in [3.63, 3.8) is 0 Å². The molecule has 3 heterocycles. The Hall–Kier alpha value is -5.29. The van der Waals surface area contributed by atoms with Crippen LogP contribution in [0.4, 0.5) is 11.5 Å². The maximum atomic E-state index is 13.2. The lowest BCUT2D eigenvalue weighted by Crippen LogP contribution is -2.25. The molecule has 11 nitrogen and oxygen atoms in total. The number of pyridine rings is 1. The number of nitrogens with one attached hydrogen (secondary N) is 1. The number of ether oxygens (including phenoxy) is 1. The minimum absolute atomic E-state index is 0.0677. The molecule has 220 valence electrons. The lowest BCUT2D eigenvalue weighted by atomic mass is 10.1. The van der Waals surface area contributed by atoms with Gasteiger partial charge in [-0.25, -0.2) is 14.6 Å². The van der Waals surface area contributed by atoms with Crippen molar-refractivity contribution in [2.75, 3.05) is 17.7 Å². The van der Waals surface area contributed by atoms with Crippen LogP contribution in [0.3, 0.4) is 0 Å². The molecule has 43 heavy (non-hydrogen) atoms. The maximum Gasteiger partial charge on any atom is 0.284 e. The van der Waals surface area contributed by atoms with Gasteiger partial charge in [0.1, 0.15) is 22.8 Å². The van der Waals surface area contributed by atoms with Crippen LogP contribution in [-0.4, -0.2) is 47.5 Å². The van der Waals surface area contributed by atoms with Gasteiger partial charge in [0.2, 0.25) is 0 Å². The zero-order chi connectivity index (χ0) is 30.7. The Morgan fingerprint density at radius 2 is 1.77 bits per heavy atom. The van der Waals surface area contributed by atoms with Crippen molar-refractivity contribution < 1.29 is 14.6 Å². The van der Waals surface area contributed by atoms with Crippen LogP contribution in [0, 0.1) is 6.92 Å². The van der Waals surface area contributed by atoms with Crippen molar-refractivity contribution in [3.8, 4) is 34.0 Å². The Labute approximate surface area is 248 Å². The third-order valence-electron chi connectivity index (χ3n) is 6.99. The van der Waals surface area contributed by atoms with E-state index in [1.807, 2.05) is 30.3 Å². The van der Waals surface area contributed by atoms with Gasteiger partial charge in [-0.1, -0.05) is 30.3 Å². The van der Waals surface area contributed by atoms with Gasteiger partial charge in [0.05, 0.1) is 41.7 Å². The largest absolute Gasteiger partial charge is 0.492 e. The molecule has 0 atom stereocenters. The van der Waals surface area contributed by atoms with E-state index in [4.69, 9.17) is 15.5 Å². The van der Waals surface area contributed by atoms with Gasteiger partial charge in [-0.2, -0.15) is 0 Å². The van der Waals surface area contributed by atoms with Gasteiger partial charge in [0.25, 0.3) is 11.5 Å². The zero-order valence-corrected chi connectivity index (χ0v) is 24.4. The van der Waals surface area contributed by atoms with E-state index >= 15 is 0 Å². The number of anilines is 2. The highest BCUT2D eigenvalue weighted by Gasteiger charge is 2.22. The number of hydrogen-bond acceptors (Lipinski definition) is 8. The van der Waals surface area contributed by atoms with E-state index in [2.05, 4.69) is 15.3 Å². The standard InChI is InChI=1S/C32H33N7O4/c1-20-27(31(41)39(38(20)4)24-8-6-5-7-9-24)30(40)36-23-12-10-21(11-13-23)28-29(33)35-19-26(37-28)22-16-25(18-34-17-22)43-15-14-32(2,3)42/h5-13,16-19,42H,14-15H2,1-4H3,(H2,33,35)(H,36,40). The van der Waals surface area contributed by atoms with Crippen LogP contribution in [0.2, 0.25) is 0 Å². The fraction of sp³-hybridized carbons (Fsp3) is 0.219. The number of carbonyl (C=O) groups excluding carboxylic acids is 1. The van der Waals surface area contributed by atoms with Crippen molar-refractivity contribution in [1.82, 2.24) is 24.3 Å². The summed E-state index contributed by atoms with van der Waals surface area (Å²) in [6.07, 6.45) is 5.29. The number of nitrogens with two attached hydrogens (primary N) is 1. The summed E-state index contributed by atoms with van der Waals surface area (Å²) in [5.41, 5.74) is 9.14. The molecule has 0 unspecified atom stereocenters. The fourth-order valence-corrected chi connectivity index (χ4v) is 4.54. The topological polar surface area (TPSA) is 150 Å². The van der Waals surface area contributed by atoms with Crippen LogP contribution in [0.5, 0.6) is 5.75 Å².